The average molecular weight is 505 g/mol. The van der Waals surface area contributed by atoms with Gasteiger partial charge in [-0.3, -0.25) is 4.79 Å². The van der Waals surface area contributed by atoms with Crippen LogP contribution < -0.4 is 10.6 Å². The number of halogens is 1. The second-order valence-corrected chi connectivity index (χ2v) is 7.46. The van der Waals surface area contributed by atoms with E-state index in [9.17, 15) is 4.79 Å². The molecule has 1 fully saturated rings. The van der Waals surface area contributed by atoms with Crippen LogP contribution in [0.3, 0.4) is 0 Å². The first-order valence-electron chi connectivity index (χ1n) is 9.78. The standard InChI is InChI=1S/C18H31N7O2.HI/c1-13-21-16-8-7-14(12-25(16)23-13)22-18(20-11-17(26)24(2)3)19-10-15-6-4-5-9-27-15;/h14-15H,4-12H2,1-3H3,(H2,19,20,22);1H. The van der Waals surface area contributed by atoms with Crippen molar-refractivity contribution in [3.05, 3.63) is 11.6 Å². The number of ether oxygens (including phenoxy) is 1. The molecule has 2 atom stereocenters. The summed E-state index contributed by atoms with van der Waals surface area (Å²) in [6.07, 6.45) is 5.43. The monoisotopic (exact) mass is 505 g/mol. The number of rotatable bonds is 5. The molecular weight excluding hydrogens is 473 g/mol. The molecule has 0 saturated carbocycles. The van der Waals surface area contributed by atoms with Gasteiger partial charge in [-0.05, 0) is 32.6 Å². The lowest BCUT2D eigenvalue weighted by Crippen LogP contribution is -2.49. The van der Waals surface area contributed by atoms with Crippen LogP contribution in [0.25, 0.3) is 0 Å². The summed E-state index contributed by atoms with van der Waals surface area (Å²) in [5, 5.41) is 11.3. The Morgan fingerprint density at radius 3 is 2.89 bits per heavy atom. The van der Waals surface area contributed by atoms with Gasteiger partial charge in [-0.25, -0.2) is 14.7 Å². The number of carbonyl (C=O) groups excluding carboxylic acids is 1. The zero-order valence-corrected chi connectivity index (χ0v) is 19.3. The van der Waals surface area contributed by atoms with Crippen LogP contribution in [0.1, 0.15) is 37.3 Å². The second kappa shape index (κ2) is 10.9. The van der Waals surface area contributed by atoms with E-state index in [0.29, 0.717) is 12.5 Å². The van der Waals surface area contributed by atoms with Crippen molar-refractivity contribution in [1.82, 2.24) is 30.3 Å². The maximum absolute atomic E-state index is 11.9. The predicted molar refractivity (Wildman–Crippen MR) is 118 cm³/mol. The lowest BCUT2D eigenvalue weighted by Gasteiger charge is -2.27. The number of hydrogen-bond acceptors (Lipinski definition) is 5. The van der Waals surface area contributed by atoms with E-state index in [0.717, 1.165) is 50.5 Å². The van der Waals surface area contributed by atoms with Gasteiger partial charge >= 0.3 is 0 Å². The third kappa shape index (κ3) is 6.57. The van der Waals surface area contributed by atoms with E-state index in [1.165, 1.54) is 6.42 Å². The average Bonchev–Trinajstić information content (AvgIpc) is 3.03. The minimum atomic E-state index is -0.0251. The molecule has 3 heterocycles. The summed E-state index contributed by atoms with van der Waals surface area (Å²) in [7, 11) is 3.48. The van der Waals surface area contributed by atoms with E-state index in [2.05, 4.69) is 25.7 Å². The van der Waals surface area contributed by atoms with Crippen LogP contribution in [0.15, 0.2) is 4.99 Å². The fourth-order valence-corrected chi connectivity index (χ4v) is 3.36. The molecule has 1 aromatic heterocycles. The van der Waals surface area contributed by atoms with Crippen molar-refractivity contribution in [1.29, 1.82) is 0 Å². The summed E-state index contributed by atoms with van der Waals surface area (Å²) < 4.78 is 7.75. The summed E-state index contributed by atoms with van der Waals surface area (Å²) in [5.74, 6) is 2.48. The Hall–Kier alpha value is -1.43. The molecule has 9 nitrogen and oxygen atoms in total. The zero-order chi connectivity index (χ0) is 19.2. The number of nitrogens with one attached hydrogen (secondary N) is 2. The van der Waals surface area contributed by atoms with Crippen LogP contribution in [0, 0.1) is 6.92 Å². The molecule has 1 amide bonds. The molecule has 10 heteroatoms. The SMILES string of the molecule is Cc1nc2n(n1)CC(NC(=NCC(=O)N(C)C)NCC1CCCCO1)CC2.I. The van der Waals surface area contributed by atoms with Gasteiger partial charge in [0.25, 0.3) is 0 Å². The summed E-state index contributed by atoms with van der Waals surface area (Å²) in [6, 6.07) is 0.201. The van der Waals surface area contributed by atoms with Gasteiger partial charge in [0.15, 0.2) is 5.96 Å². The van der Waals surface area contributed by atoms with Crippen molar-refractivity contribution < 1.29 is 9.53 Å². The lowest BCUT2D eigenvalue weighted by atomic mass is 10.1. The summed E-state index contributed by atoms with van der Waals surface area (Å²) in [5.41, 5.74) is 0. The molecule has 2 aliphatic rings. The van der Waals surface area contributed by atoms with Crippen LogP contribution in [-0.4, -0.2) is 77.5 Å². The van der Waals surface area contributed by atoms with Gasteiger partial charge in [0.1, 0.15) is 18.2 Å². The number of aryl methyl sites for hydroxylation is 2. The van der Waals surface area contributed by atoms with E-state index in [1.807, 2.05) is 11.6 Å². The molecular formula is C18H32IN7O2. The van der Waals surface area contributed by atoms with Gasteiger partial charge in [0.05, 0.1) is 12.6 Å². The number of guanidine groups is 1. The van der Waals surface area contributed by atoms with E-state index in [-0.39, 0.29) is 48.6 Å². The quantitative estimate of drug-likeness (QED) is 0.348. The summed E-state index contributed by atoms with van der Waals surface area (Å²) in [6.45, 7) is 4.30. The fraction of sp³-hybridized carbons (Fsp3) is 0.778. The van der Waals surface area contributed by atoms with E-state index in [4.69, 9.17) is 4.74 Å². The zero-order valence-electron chi connectivity index (χ0n) is 17.0. The number of aromatic nitrogens is 3. The van der Waals surface area contributed by atoms with E-state index in [1.54, 1.807) is 19.0 Å². The van der Waals surface area contributed by atoms with Crippen LogP contribution >= 0.6 is 24.0 Å². The van der Waals surface area contributed by atoms with Gasteiger partial charge in [0.2, 0.25) is 5.91 Å². The van der Waals surface area contributed by atoms with Crippen molar-refractivity contribution in [2.75, 3.05) is 33.8 Å². The first-order valence-corrected chi connectivity index (χ1v) is 9.78. The number of nitrogens with zero attached hydrogens (tertiary/aromatic N) is 5. The van der Waals surface area contributed by atoms with Gasteiger partial charge in [-0.2, -0.15) is 5.10 Å². The summed E-state index contributed by atoms with van der Waals surface area (Å²) >= 11 is 0. The molecule has 1 aromatic rings. The molecule has 0 spiro atoms. The minimum absolute atomic E-state index is 0. The third-order valence-electron chi connectivity index (χ3n) is 4.95. The largest absolute Gasteiger partial charge is 0.376 e. The van der Waals surface area contributed by atoms with Crippen molar-refractivity contribution in [2.45, 2.75) is 57.7 Å². The van der Waals surface area contributed by atoms with Crippen molar-refractivity contribution in [2.24, 2.45) is 4.99 Å². The highest BCUT2D eigenvalue weighted by Gasteiger charge is 2.22. The molecule has 0 radical (unpaired) electrons. The van der Waals surface area contributed by atoms with Gasteiger partial charge in [-0.1, -0.05) is 0 Å². The Balaban J connectivity index is 0.00000280. The van der Waals surface area contributed by atoms with Crippen molar-refractivity contribution >= 4 is 35.8 Å². The highest BCUT2D eigenvalue weighted by Crippen LogP contribution is 2.13. The van der Waals surface area contributed by atoms with Gasteiger partial charge in [-0.15, -0.1) is 24.0 Å². The first kappa shape index (κ1) is 22.9. The molecule has 0 aliphatic carbocycles. The third-order valence-corrected chi connectivity index (χ3v) is 4.95. The Kier molecular flexibility index (Phi) is 8.93. The van der Waals surface area contributed by atoms with E-state index >= 15 is 0 Å². The number of amides is 1. The molecule has 28 heavy (non-hydrogen) atoms. The molecule has 3 rings (SSSR count). The highest BCUT2D eigenvalue weighted by molar-refractivity contribution is 14.0. The Labute approximate surface area is 183 Å². The van der Waals surface area contributed by atoms with Crippen molar-refractivity contribution in [3.63, 3.8) is 0 Å². The Bertz CT molecular complexity index is 671. The fourth-order valence-electron chi connectivity index (χ4n) is 3.36. The molecule has 2 N–H and O–H groups in total. The molecule has 0 bridgehead atoms. The number of fused-ring (bicyclic) bond motifs is 1. The number of hydrogen-bond donors (Lipinski definition) is 2. The predicted octanol–water partition coefficient (Wildman–Crippen LogP) is 0.712. The van der Waals surface area contributed by atoms with Crippen LogP contribution in [0.4, 0.5) is 0 Å². The Morgan fingerprint density at radius 1 is 1.36 bits per heavy atom. The maximum atomic E-state index is 11.9. The minimum Gasteiger partial charge on any atom is -0.376 e. The van der Waals surface area contributed by atoms with E-state index < -0.39 is 0 Å². The number of aliphatic imine (C=N–C) groups is 1. The van der Waals surface area contributed by atoms with Gasteiger partial charge in [0, 0.05) is 39.7 Å². The molecule has 0 aromatic carbocycles. The topological polar surface area (TPSA) is 96.7 Å². The van der Waals surface area contributed by atoms with Gasteiger partial charge < -0.3 is 20.3 Å². The first-order chi connectivity index (χ1) is 13.0. The molecule has 158 valence electrons. The van der Waals surface area contributed by atoms with Crippen LogP contribution in [0.5, 0.6) is 0 Å². The molecule has 2 aliphatic heterocycles. The lowest BCUT2D eigenvalue weighted by molar-refractivity contribution is -0.127. The molecule has 2 unspecified atom stereocenters. The Morgan fingerprint density at radius 2 is 2.18 bits per heavy atom. The van der Waals surface area contributed by atoms with Crippen molar-refractivity contribution in [3.8, 4) is 0 Å². The smallest absolute Gasteiger partial charge is 0.243 e. The van der Waals surface area contributed by atoms with Crippen LogP contribution in [-0.2, 0) is 22.5 Å². The molecule has 1 saturated heterocycles. The summed E-state index contributed by atoms with van der Waals surface area (Å²) in [4.78, 5) is 22.4. The normalized spacial score (nSPS) is 22.0. The number of carbonyl (C=O) groups is 1. The highest BCUT2D eigenvalue weighted by atomic mass is 127. The maximum Gasteiger partial charge on any atom is 0.243 e. The van der Waals surface area contributed by atoms with Crippen LogP contribution in [0.2, 0.25) is 0 Å². The second-order valence-electron chi connectivity index (χ2n) is 7.46. The number of likely N-dealkylation sites (N-methyl/N-ethyl adjacent to an activating group) is 1.